The van der Waals surface area contributed by atoms with Crippen molar-refractivity contribution < 1.29 is 22.1 Å². The molecule has 1 aromatic rings. The van der Waals surface area contributed by atoms with Crippen molar-refractivity contribution in [3.63, 3.8) is 0 Å². The molecule has 0 N–H and O–H groups in total. The zero-order valence-electron chi connectivity index (χ0n) is 7.77. The van der Waals surface area contributed by atoms with Crippen LogP contribution in [0.25, 0.3) is 0 Å². The summed E-state index contributed by atoms with van der Waals surface area (Å²) >= 11 is -1.44. The molecular formula is C9H8F4OS. The van der Waals surface area contributed by atoms with E-state index in [-0.39, 0.29) is 10.6 Å². The number of hydrogen-bond donors (Lipinski definition) is 0. The Morgan fingerprint density at radius 3 is 2.33 bits per heavy atom. The molecule has 1 aromatic carbocycles. The van der Waals surface area contributed by atoms with Crippen molar-refractivity contribution in [2.45, 2.75) is 18.0 Å². The molecule has 15 heavy (non-hydrogen) atoms. The fourth-order valence-electron chi connectivity index (χ4n) is 1.03. The van der Waals surface area contributed by atoms with Crippen LogP contribution >= 0.6 is 0 Å². The minimum atomic E-state index is -4.71. The SMILES string of the molecule is CC[S+]([O-])c1ccc(C(F)(F)F)c(F)c1. The summed E-state index contributed by atoms with van der Waals surface area (Å²) in [5.41, 5.74) is -1.33. The molecule has 1 unspecified atom stereocenters. The number of halogens is 4. The van der Waals surface area contributed by atoms with Gasteiger partial charge in [0, 0.05) is 6.07 Å². The van der Waals surface area contributed by atoms with Crippen LogP contribution in [0.1, 0.15) is 12.5 Å². The van der Waals surface area contributed by atoms with Gasteiger partial charge in [-0.3, -0.25) is 0 Å². The van der Waals surface area contributed by atoms with E-state index in [1.165, 1.54) is 0 Å². The molecular weight excluding hydrogens is 232 g/mol. The highest BCUT2D eigenvalue weighted by atomic mass is 32.2. The molecule has 0 radical (unpaired) electrons. The van der Waals surface area contributed by atoms with Gasteiger partial charge in [-0.1, -0.05) is 0 Å². The van der Waals surface area contributed by atoms with E-state index in [9.17, 15) is 22.1 Å². The molecule has 0 saturated carbocycles. The van der Waals surface area contributed by atoms with Crippen LogP contribution in [0.3, 0.4) is 0 Å². The van der Waals surface area contributed by atoms with Crippen LogP contribution in [0.15, 0.2) is 23.1 Å². The van der Waals surface area contributed by atoms with Crippen molar-refractivity contribution in [3.05, 3.63) is 29.6 Å². The minimum Gasteiger partial charge on any atom is -0.611 e. The van der Waals surface area contributed by atoms with Crippen molar-refractivity contribution in [2.75, 3.05) is 5.75 Å². The summed E-state index contributed by atoms with van der Waals surface area (Å²) in [6.07, 6.45) is -4.71. The van der Waals surface area contributed by atoms with Crippen LogP contribution in [0, 0.1) is 5.82 Å². The molecule has 0 heterocycles. The summed E-state index contributed by atoms with van der Waals surface area (Å²) in [6.45, 7) is 1.60. The first-order valence-corrected chi connectivity index (χ1v) is 5.43. The van der Waals surface area contributed by atoms with E-state index >= 15 is 0 Å². The Bertz CT molecular complexity index is 350. The summed E-state index contributed by atoms with van der Waals surface area (Å²) in [5.74, 6) is -1.15. The van der Waals surface area contributed by atoms with Crippen LogP contribution in [0.4, 0.5) is 17.6 Å². The summed E-state index contributed by atoms with van der Waals surface area (Å²) in [6, 6.07) is 2.31. The van der Waals surface area contributed by atoms with E-state index in [1.807, 2.05) is 0 Å². The molecule has 0 fully saturated rings. The standard InChI is InChI=1S/C9H8F4OS/c1-2-15(14)6-3-4-7(8(10)5-6)9(11,12)13/h3-5H,2H2,1H3. The van der Waals surface area contributed by atoms with Crippen LogP contribution in [-0.2, 0) is 17.4 Å². The van der Waals surface area contributed by atoms with E-state index in [0.717, 1.165) is 6.07 Å². The molecule has 0 saturated heterocycles. The molecule has 0 aliphatic rings. The Morgan fingerprint density at radius 2 is 1.93 bits per heavy atom. The van der Waals surface area contributed by atoms with Gasteiger partial charge in [-0.15, -0.1) is 0 Å². The first-order valence-electron chi connectivity index (χ1n) is 4.11. The molecule has 0 bridgehead atoms. The number of alkyl halides is 3. The predicted molar refractivity (Wildman–Crippen MR) is 48.4 cm³/mol. The van der Waals surface area contributed by atoms with Crippen LogP contribution in [-0.4, -0.2) is 10.3 Å². The fourth-order valence-corrected chi connectivity index (χ4v) is 1.82. The van der Waals surface area contributed by atoms with Gasteiger partial charge in [0.2, 0.25) is 0 Å². The number of hydrogen-bond acceptors (Lipinski definition) is 1. The molecule has 0 aromatic heterocycles. The monoisotopic (exact) mass is 240 g/mol. The summed E-state index contributed by atoms with van der Waals surface area (Å²) in [7, 11) is 0. The molecule has 0 amide bonds. The average Bonchev–Trinajstić information content (AvgIpc) is 2.14. The third-order valence-electron chi connectivity index (χ3n) is 1.77. The molecule has 1 atom stereocenters. The van der Waals surface area contributed by atoms with Crippen molar-refractivity contribution in [1.82, 2.24) is 0 Å². The normalized spacial score (nSPS) is 14.0. The van der Waals surface area contributed by atoms with E-state index < -0.39 is 28.7 Å². The Morgan fingerprint density at radius 1 is 1.33 bits per heavy atom. The molecule has 1 rings (SSSR count). The van der Waals surface area contributed by atoms with Gasteiger partial charge >= 0.3 is 6.18 Å². The minimum absolute atomic E-state index is 0.0722. The van der Waals surface area contributed by atoms with Crippen LogP contribution in [0.5, 0.6) is 0 Å². The average molecular weight is 240 g/mol. The van der Waals surface area contributed by atoms with Gasteiger partial charge < -0.3 is 4.55 Å². The lowest BCUT2D eigenvalue weighted by atomic mass is 10.2. The second-order valence-corrected chi connectivity index (χ2v) is 4.51. The lowest BCUT2D eigenvalue weighted by Gasteiger charge is -2.11. The fraction of sp³-hybridized carbons (Fsp3) is 0.333. The lowest BCUT2D eigenvalue weighted by Crippen LogP contribution is -2.10. The Balaban J connectivity index is 3.09. The van der Waals surface area contributed by atoms with Crippen molar-refractivity contribution in [3.8, 4) is 0 Å². The van der Waals surface area contributed by atoms with Gasteiger partial charge in [-0.2, -0.15) is 13.2 Å². The second-order valence-electron chi connectivity index (χ2n) is 2.77. The van der Waals surface area contributed by atoms with E-state index in [1.54, 1.807) is 6.92 Å². The van der Waals surface area contributed by atoms with E-state index in [2.05, 4.69) is 0 Å². The van der Waals surface area contributed by atoms with Crippen molar-refractivity contribution >= 4 is 11.2 Å². The third-order valence-corrected chi connectivity index (χ3v) is 3.08. The van der Waals surface area contributed by atoms with Gasteiger partial charge in [-0.05, 0) is 30.2 Å². The maximum Gasteiger partial charge on any atom is 0.419 e. The molecule has 1 nitrogen and oxygen atoms in total. The Hall–Kier alpha value is -0.750. The zero-order chi connectivity index (χ0) is 11.6. The van der Waals surface area contributed by atoms with Crippen molar-refractivity contribution in [2.24, 2.45) is 0 Å². The second kappa shape index (κ2) is 4.40. The maximum absolute atomic E-state index is 13.0. The third kappa shape index (κ3) is 2.85. The smallest absolute Gasteiger partial charge is 0.419 e. The summed E-state index contributed by atoms with van der Waals surface area (Å²) in [4.78, 5) is 0.0722. The lowest BCUT2D eigenvalue weighted by molar-refractivity contribution is -0.140. The highest BCUT2D eigenvalue weighted by molar-refractivity contribution is 7.91. The van der Waals surface area contributed by atoms with Crippen LogP contribution in [0.2, 0.25) is 0 Å². The van der Waals surface area contributed by atoms with Gasteiger partial charge in [0.15, 0.2) is 4.90 Å². The van der Waals surface area contributed by atoms with Crippen molar-refractivity contribution in [1.29, 1.82) is 0 Å². The van der Waals surface area contributed by atoms with Gasteiger partial charge in [0.1, 0.15) is 11.6 Å². The topological polar surface area (TPSA) is 23.1 Å². The summed E-state index contributed by atoms with van der Waals surface area (Å²) < 4.78 is 60.6. The molecule has 6 heteroatoms. The molecule has 0 spiro atoms. The highest BCUT2D eigenvalue weighted by Crippen LogP contribution is 2.32. The molecule has 0 aliphatic heterocycles. The van der Waals surface area contributed by atoms with Gasteiger partial charge in [0.25, 0.3) is 0 Å². The van der Waals surface area contributed by atoms with Gasteiger partial charge in [0.05, 0.1) is 5.56 Å². The number of rotatable bonds is 2. The Kier molecular flexibility index (Phi) is 3.62. The van der Waals surface area contributed by atoms with E-state index in [4.69, 9.17) is 0 Å². The number of benzene rings is 1. The largest absolute Gasteiger partial charge is 0.611 e. The quantitative estimate of drug-likeness (QED) is 0.575. The maximum atomic E-state index is 13.0. The highest BCUT2D eigenvalue weighted by Gasteiger charge is 2.34. The first-order chi connectivity index (χ1) is 6.86. The first kappa shape index (κ1) is 12.3. The predicted octanol–water partition coefficient (Wildman–Crippen LogP) is 2.97. The van der Waals surface area contributed by atoms with Crippen LogP contribution < -0.4 is 0 Å². The van der Waals surface area contributed by atoms with E-state index in [0.29, 0.717) is 12.1 Å². The molecule has 0 aliphatic carbocycles. The molecule has 84 valence electrons. The summed E-state index contributed by atoms with van der Waals surface area (Å²) in [5, 5.41) is 0. The van der Waals surface area contributed by atoms with Gasteiger partial charge in [-0.25, -0.2) is 4.39 Å². The Labute approximate surface area is 87.3 Å². The zero-order valence-corrected chi connectivity index (χ0v) is 8.58.